The molecule has 0 saturated carbocycles. The van der Waals surface area contributed by atoms with E-state index in [0.29, 0.717) is 40.1 Å². The van der Waals surface area contributed by atoms with Gasteiger partial charge in [0.15, 0.2) is 0 Å². The fraction of sp³-hybridized carbons (Fsp3) is 0.231. The SMILES string of the molecule is CC(C)(F)c1c(C(=O)N[C@H]2CCOc3ccccc32)sc2c(-c3cc(F)cc(F)c3)ccnc12. The number of alkyl halides is 1. The van der Waals surface area contributed by atoms with Gasteiger partial charge in [-0.3, -0.25) is 9.78 Å². The molecule has 0 saturated heterocycles. The minimum atomic E-state index is -1.88. The molecule has 4 aromatic rings. The van der Waals surface area contributed by atoms with Gasteiger partial charge in [-0.1, -0.05) is 18.2 Å². The van der Waals surface area contributed by atoms with Crippen LogP contribution in [0, 0.1) is 11.6 Å². The number of halogens is 3. The molecule has 0 fully saturated rings. The maximum absolute atomic E-state index is 15.4. The van der Waals surface area contributed by atoms with E-state index in [9.17, 15) is 13.6 Å². The van der Waals surface area contributed by atoms with E-state index < -0.39 is 23.2 Å². The molecule has 1 N–H and O–H groups in total. The topological polar surface area (TPSA) is 51.2 Å². The zero-order valence-corrected chi connectivity index (χ0v) is 19.3. The summed E-state index contributed by atoms with van der Waals surface area (Å²) in [5, 5.41) is 3.02. The first-order chi connectivity index (χ1) is 16.2. The predicted octanol–water partition coefficient (Wildman–Crippen LogP) is 6.70. The zero-order chi connectivity index (χ0) is 24.0. The number of pyridine rings is 1. The Morgan fingerprint density at radius 3 is 2.62 bits per heavy atom. The third-order valence-corrected chi connectivity index (χ3v) is 7.02. The Bertz CT molecular complexity index is 1390. The van der Waals surface area contributed by atoms with E-state index in [0.717, 1.165) is 23.0 Å². The summed E-state index contributed by atoms with van der Waals surface area (Å²) in [7, 11) is 0. The number of hydrogen-bond acceptors (Lipinski definition) is 4. The second-order valence-electron chi connectivity index (χ2n) is 8.67. The van der Waals surface area contributed by atoms with Crippen molar-refractivity contribution in [1.29, 1.82) is 0 Å². The Labute approximate surface area is 198 Å². The standard InChI is InChI=1S/C26H21F3N2O2S/c1-26(2,29)21-22-23(17(7-9-30-22)14-11-15(27)13-16(28)12-14)34-24(21)25(32)31-19-8-10-33-20-6-4-3-5-18(19)20/h3-7,9,11-13,19H,8,10H2,1-2H3,(H,31,32)/t19-/m0/s1. The molecular formula is C26H21F3N2O2S. The van der Waals surface area contributed by atoms with Crippen molar-refractivity contribution < 1.29 is 22.7 Å². The van der Waals surface area contributed by atoms with Crippen LogP contribution in [-0.2, 0) is 5.67 Å². The van der Waals surface area contributed by atoms with Gasteiger partial charge in [-0.15, -0.1) is 11.3 Å². The highest BCUT2D eigenvalue weighted by atomic mass is 32.1. The summed E-state index contributed by atoms with van der Waals surface area (Å²) in [6.07, 6.45) is 2.03. The first-order valence-corrected chi connectivity index (χ1v) is 11.6. The van der Waals surface area contributed by atoms with Gasteiger partial charge >= 0.3 is 0 Å². The highest BCUT2D eigenvalue weighted by Gasteiger charge is 2.34. The lowest BCUT2D eigenvalue weighted by Gasteiger charge is -2.27. The fourth-order valence-electron chi connectivity index (χ4n) is 4.35. The highest BCUT2D eigenvalue weighted by molar-refractivity contribution is 7.21. The largest absolute Gasteiger partial charge is 0.493 e. The molecule has 0 aliphatic carbocycles. The highest BCUT2D eigenvalue weighted by Crippen LogP contribution is 2.43. The Morgan fingerprint density at radius 1 is 1.15 bits per heavy atom. The van der Waals surface area contributed by atoms with Crippen molar-refractivity contribution in [2.75, 3.05) is 6.61 Å². The third-order valence-electron chi connectivity index (χ3n) is 5.81. The second kappa shape index (κ2) is 8.43. The van der Waals surface area contributed by atoms with Gasteiger partial charge in [0.05, 0.1) is 22.9 Å². The number of hydrogen-bond donors (Lipinski definition) is 1. The second-order valence-corrected chi connectivity index (χ2v) is 9.69. The summed E-state index contributed by atoms with van der Waals surface area (Å²) in [5.41, 5.74) is 0.214. The molecule has 174 valence electrons. The van der Waals surface area contributed by atoms with E-state index in [1.807, 2.05) is 24.3 Å². The smallest absolute Gasteiger partial charge is 0.262 e. The lowest BCUT2D eigenvalue weighted by atomic mass is 9.96. The molecule has 0 bridgehead atoms. The van der Waals surface area contributed by atoms with E-state index >= 15 is 4.39 Å². The normalized spacial score (nSPS) is 15.6. The van der Waals surface area contributed by atoms with Gasteiger partial charge in [-0.05, 0) is 43.7 Å². The van der Waals surface area contributed by atoms with Crippen molar-refractivity contribution in [2.45, 2.75) is 32.0 Å². The van der Waals surface area contributed by atoms with Crippen LogP contribution >= 0.6 is 11.3 Å². The van der Waals surface area contributed by atoms with Crippen LogP contribution in [0.2, 0.25) is 0 Å². The molecule has 34 heavy (non-hydrogen) atoms. The predicted molar refractivity (Wildman–Crippen MR) is 126 cm³/mol. The van der Waals surface area contributed by atoms with Gasteiger partial charge in [0.2, 0.25) is 0 Å². The molecule has 1 amide bonds. The maximum atomic E-state index is 15.4. The molecule has 2 aromatic heterocycles. The van der Waals surface area contributed by atoms with E-state index in [1.54, 1.807) is 6.07 Å². The number of ether oxygens (including phenoxy) is 1. The summed E-state index contributed by atoms with van der Waals surface area (Å²) in [5.74, 6) is -1.17. The van der Waals surface area contributed by atoms with Crippen molar-refractivity contribution in [3.63, 3.8) is 0 Å². The molecule has 1 aliphatic rings. The van der Waals surface area contributed by atoms with E-state index in [2.05, 4.69) is 10.3 Å². The molecule has 1 aliphatic heterocycles. The van der Waals surface area contributed by atoms with Crippen molar-refractivity contribution in [3.05, 3.63) is 82.4 Å². The molecule has 0 spiro atoms. The quantitative estimate of drug-likeness (QED) is 0.352. The van der Waals surface area contributed by atoms with Crippen LogP contribution in [0.5, 0.6) is 5.75 Å². The number of benzene rings is 2. The molecule has 3 heterocycles. The number of carbonyl (C=O) groups is 1. The number of amides is 1. The first-order valence-electron chi connectivity index (χ1n) is 10.8. The van der Waals surface area contributed by atoms with Gasteiger partial charge in [-0.2, -0.15) is 0 Å². The monoisotopic (exact) mass is 482 g/mol. The first kappa shape index (κ1) is 22.4. The van der Waals surface area contributed by atoms with Gasteiger partial charge in [0, 0.05) is 35.4 Å². The average molecular weight is 483 g/mol. The number of para-hydroxylation sites is 1. The molecule has 0 radical (unpaired) electrons. The molecule has 0 unspecified atom stereocenters. The van der Waals surface area contributed by atoms with Crippen LogP contribution in [0.15, 0.2) is 54.7 Å². The number of aromatic nitrogens is 1. The van der Waals surface area contributed by atoms with Crippen LogP contribution in [0.3, 0.4) is 0 Å². The summed E-state index contributed by atoms with van der Waals surface area (Å²) in [6.45, 7) is 3.18. The van der Waals surface area contributed by atoms with E-state index in [-0.39, 0.29) is 16.5 Å². The van der Waals surface area contributed by atoms with Gasteiger partial charge in [0.1, 0.15) is 27.9 Å². The number of nitrogens with zero attached hydrogens (tertiary/aromatic N) is 1. The molecule has 1 atom stereocenters. The molecule has 4 nitrogen and oxygen atoms in total. The van der Waals surface area contributed by atoms with E-state index in [1.165, 1.54) is 32.2 Å². The molecule has 8 heteroatoms. The molecule has 2 aromatic carbocycles. The van der Waals surface area contributed by atoms with Crippen LogP contribution in [0.1, 0.15) is 47.1 Å². The Morgan fingerprint density at radius 2 is 1.88 bits per heavy atom. The number of fused-ring (bicyclic) bond motifs is 2. The lowest BCUT2D eigenvalue weighted by molar-refractivity contribution is 0.0922. The van der Waals surface area contributed by atoms with Crippen molar-refractivity contribution in [1.82, 2.24) is 10.3 Å². The summed E-state index contributed by atoms with van der Waals surface area (Å²) in [4.78, 5) is 18.0. The summed E-state index contributed by atoms with van der Waals surface area (Å²) in [6, 6.07) is 12.0. The number of nitrogens with one attached hydrogen (secondary N) is 1. The third kappa shape index (κ3) is 4.03. The Hall–Kier alpha value is -3.39. The van der Waals surface area contributed by atoms with Crippen LogP contribution in [0.25, 0.3) is 21.3 Å². The van der Waals surface area contributed by atoms with Crippen LogP contribution < -0.4 is 10.1 Å². The van der Waals surface area contributed by atoms with E-state index in [4.69, 9.17) is 4.74 Å². The minimum absolute atomic E-state index is 0.157. The van der Waals surface area contributed by atoms with Gasteiger partial charge < -0.3 is 10.1 Å². The maximum Gasteiger partial charge on any atom is 0.262 e. The Kier molecular flexibility index (Phi) is 5.56. The zero-order valence-electron chi connectivity index (χ0n) is 18.5. The van der Waals surface area contributed by atoms with Crippen molar-refractivity contribution >= 4 is 27.5 Å². The molecular weight excluding hydrogens is 461 g/mol. The summed E-state index contributed by atoms with van der Waals surface area (Å²) >= 11 is 1.07. The number of carbonyl (C=O) groups excluding carboxylic acids is 1. The number of thiophene rings is 1. The Balaban J connectivity index is 1.62. The van der Waals surface area contributed by atoms with Crippen molar-refractivity contribution in [2.24, 2.45) is 0 Å². The van der Waals surface area contributed by atoms with Gasteiger partial charge in [0.25, 0.3) is 5.91 Å². The summed E-state index contributed by atoms with van der Waals surface area (Å²) < 4.78 is 49.4. The van der Waals surface area contributed by atoms with Crippen LogP contribution in [-0.4, -0.2) is 17.5 Å². The fourth-order valence-corrected chi connectivity index (χ4v) is 5.70. The lowest BCUT2D eigenvalue weighted by Crippen LogP contribution is -2.32. The molecule has 5 rings (SSSR count). The van der Waals surface area contributed by atoms with Crippen molar-refractivity contribution in [3.8, 4) is 16.9 Å². The van der Waals surface area contributed by atoms with Gasteiger partial charge in [-0.25, -0.2) is 13.2 Å². The van der Waals surface area contributed by atoms with Crippen LogP contribution in [0.4, 0.5) is 13.2 Å². The number of rotatable bonds is 4. The average Bonchev–Trinajstić information content (AvgIpc) is 3.19. The minimum Gasteiger partial charge on any atom is -0.493 e.